The molecule has 0 aliphatic rings. The zero-order valence-corrected chi connectivity index (χ0v) is 12.6. The average molecular weight is 314 g/mol. The van der Waals surface area contributed by atoms with E-state index < -0.39 is 17.9 Å². The third-order valence-corrected chi connectivity index (χ3v) is 2.64. The van der Waals surface area contributed by atoms with Gasteiger partial charge in [0.1, 0.15) is 22.8 Å². The molecule has 23 heavy (non-hydrogen) atoms. The molecule has 0 aromatic heterocycles. The van der Waals surface area contributed by atoms with Crippen molar-refractivity contribution in [2.75, 3.05) is 0 Å². The maximum absolute atomic E-state index is 12.2. The molecule has 0 fully saturated rings. The second-order valence-corrected chi connectivity index (χ2v) is 4.55. The maximum atomic E-state index is 12.2. The van der Waals surface area contributed by atoms with Crippen molar-refractivity contribution in [3.8, 4) is 17.2 Å². The summed E-state index contributed by atoms with van der Waals surface area (Å²) >= 11 is 0. The van der Waals surface area contributed by atoms with Crippen LogP contribution in [-0.2, 0) is 9.59 Å². The number of para-hydroxylation sites is 1. The van der Waals surface area contributed by atoms with Gasteiger partial charge in [0, 0.05) is 19.9 Å². The van der Waals surface area contributed by atoms with E-state index in [1.54, 1.807) is 30.3 Å². The van der Waals surface area contributed by atoms with Crippen LogP contribution in [0.4, 0.5) is 0 Å². The predicted molar refractivity (Wildman–Crippen MR) is 80.5 cm³/mol. The summed E-state index contributed by atoms with van der Waals surface area (Å²) in [4.78, 5) is 34.4. The first-order chi connectivity index (χ1) is 11.0. The molecule has 0 unspecified atom stereocenters. The van der Waals surface area contributed by atoms with Gasteiger partial charge in [-0.3, -0.25) is 9.59 Å². The van der Waals surface area contributed by atoms with Gasteiger partial charge in [0.05, 0.1) is 0 Å². The van der Waals surface area contributed by atoms with E-state index in [1.165, 1.54) is 32.0 Å². The van der Waals surface area contributed by atoms with Crippen molar-refractivity contribution < 1.29 is 28.6 Å². The van der Waals surface area contributed by atoms with Crippen LogP contribution in [0.2, 0.25) is 0 Å². The van der Waals surface area contributed by atoms with Gasteiger partial charge in [-0.1, -0.05) is 18.2 Å². The Bertz CT molecular complexity index is 736. The van der Waals surface area contributed by atoms with Gasteiger partial charge in [0.15, 0.2) is 0 Å². The van der Waals surface area contributed by atoms with Crippen LogP contribution in [0.1, 0.15) is 24.2 Å². The molecular formula is C17H14O6. The van der Waals surface area contributed by atoms with E-state index in [4.69, 9.17) is 14.2 Å². The zero-order chi connectivity index (χ0) is 16.8. The molecule has 6 nitrogen and oxygen atoms in total. The highest BCUT2D eigenvalue weighted by Gasteiger charge is 2.18. The van der Waals surface area contributed by atoms with Crippen molar-refractivity contribution in [3.63, 3.8) is 0 Å². The molecule has 0 aliphatic heterocycles. The normalized spacial score (nSPS) is 9.83. The summed E-state index contributed by atoms with van der Waals surface area (Å²) in [6, 6.07) is 12.5. The lowest BCUT2D eigenvalue weighted by atomic mass is 10.2. The summed E-state index contributed by atoms with van der Waals surface area (Å²) in [5.41, 5.74) is 0.0416. The molecule has 0 saturated carbocycles. The Morgan fingerprint density at radius 3 is 2.00 bits per heavy atom. The summed E-state index contributed by atoms with van der Waals surface area (Å²) in [6.07, 6.45) is 0. The number of carbonyl (C=O) groups is 3. The minimum atomic E-state index is -0.693. The second kappa shape index (κ2) is 7.22. The summed E-state index contributed by atoms with van der Waals surface area (Å²) in [5, 5.41) is 0. The van der Waals surface area contributed by atoms with Gasteiger partial charge in [0.25, 0.3) is 0 Å². The first kappa shape index (κ1) is 16.2. The standard InChI is InChI=1S/C17H14O6/c1-11(18)21-14-8-9-15(16(10-14)22-12(2)19)17(20)23-13-6-4-3-5-7-13/h3-10H,1-2H3. The van der Waals surface area contributed by atoms with E-state index in [1.807, 2.05) is 0 Å². The zero-order valence-electron chi connectivity index (χ0n) is 12.6. The van der Waals surface area contributed by atoms with Crippen LogP contribution in [-0.4, -0.2) is 17.9 Å². The topological polar surface area (TPSA) is 78.9 Å². The van der Waals surface area contributed by atoms with Crippen molar-refractivity contribution in [2.24, 2.45) is 0 Å². The van der Waals surface area contributed by atoms with Crippen molar-refractivity contribution in [1.29, 1.82) is 0 Å². The van der Waals surface area contributed by atoms with Gasteiger partial charge in [-0.25, -0.2) is 4.79 Å². The molecule has 0 aliphatic carbocycles. The number of benzene rings is 2. The molecule has 6 heteroatoms. The van der Waals surface area contributed by atoms with E-state index >= 15 is 0 Å². The lowest BCUT2D eigenvalue weighted by molar-refractivity contribution is -0.132. The molecule has 0 amide bonds. The first-order valence-corrected chi connectivity index (χ1v) is 6.74. The molecule has 118 valence electrons. The smallest absolute Gasteiger partial charge is 0.347 e. The van der Waals surface area contributed by atoms with Crippen LogP contribution >= 0.6 is 0 Å². The highest BCUT2D eigenvalue weighted by Crippen LogP contribution is 2.27. The van der Waals surface area contributed by atoms with Gasteiger partial charge in [-0.15, -0.1) is 0 Å². The lowest BCUT2D eigenvalue weighted by Crippen LogP contribution is -2.13. The Kier molecular flexibility index (Phi) is 5.09. The molecule has 2 aromatic rings. The summed E-state index contributed by atoms with van der Waals surface area (Å²) in [6.45, 7) is 2.44. The molecule has 2 aromatic carbocycles. The highest BCUT2D eigenvalue weighted by molar-refractivity contribution is 5.95. The van der Waals surface area contributed by atoms with Gasteiger partial charge in [0.2, 0.25) is 0 Å². The van der Waals surface area contributed by atoms with Crippen LogP contribution in [0.25, 0.3) is 0 Å². The van der Waals surface area contributed by atoms with Crippen LogP contribution in [0, 0.1) is 0 Å². The lowest BCUT2D eigenvalue weighted by Gasteiger charge is -2.10. The number of rotatable bonds is 4. The fourth-order valence-corrected chi connectivity index (χ4v) is 1.79. The van der Waals surface area contributed by atoms with Gasteiger partial charge >= 0.3 is 17.9 Å². The number of carbonyl (C=O) groups excluding carboxylic acids is 3. The Morgan fingerprint density at radius 2 is 1.39 bits per heavy atom. The Morgan fingerprint density at radius 1 is 0.739 bits per heavy atom. The van der Waals surface area contributed by atoms with Crippen LogP contribution in [0.15, 0.2) is 48.5 Å². The predicted octanol–water partition coefficient (Wildman–Crippen LogP) is 2.76. The van der Waals surface area contributed by atoms with Crippen LogP contribution in [0.3, 0.4) is 0 Å². The number of hydrogen-bond acceptors (Lipinski definition) is 6. The Hall–Kier alpha value is -3.15. The second-order valence-electron chi connectivity index (χ2n) is 4.55. The number of esters is 3. The quantitative estimate of drug-likeness (QED) is 0.638. The van der Waals surface area contributed by atoms with E-state index in [9.17, 15) is 14.4 Å². The Labute approximate surface area is 132 Å². The largest absolute Gasteiger partial charge is 0.427 e. The Balaban J connectivity index is 2.30. The van der Waals surface area contributed by atoms with Crippen molar-refractivity contribution in [3.05, 3.63) is 54.1 Å². The molecule has 0 bridgehead atoms. The third kappa shape index (κ3) is 4.67. The maximum Gasteiger partial charge on any atom is 0.347 e. The third-order valence-electron chi connectivity index (χ3n) is 2.64. The van der Waals surface area contributed by atoms with Gasteiger partial charge < -0.3 is 14.2 Å². The summed E-state index contributed by atoms with van der Waals surface area (Å²) in [7, 11) is 0. The van der Waals surface area contributed by atoms with Gasteiger partial charge in [-0.05, 0) is 24.3 Å². The molecule has 0 heterocycles. The molecule has 0 radical (unpaired) electrons. The number of ether oxygens (including phenoxy) is 3. The van der Waals surface area contributed by atoms with Crippen molar-refractivity contribution in [1.82, 2.24) is 0 Å². The highest BCUT2D eigenvalue weighted by atomic mass is 16.6. The first-order valence-electron chi connectivity index (χ1n) is 6.74. The molecular weight excluding hydrogens is 300 g/mol. The summed E-state index contributed by atoms with van der Waals surface area (Å²) in [5.74, 6) is -1.36. The van der Waals surface area contributed by atoms with E-state index in [0.29, 0.717) is 5.75 Å². The number of hydrogen-bond donors (Lipinski definition) is 0. The monoisotopic (exact) mass is 314 g/mol. The van der Waals surface area contributed by atoms with E-state index in [2.05, 4.69) is 0 Å². The van der Waals surface area contributed by atoms with Crippen LogP contribution in [0.5, 0.6) is 17.2 Å². The molecule has 0 saturated heterocycles. The fraction of sp³-hybridized carbons (Fsp3) is 0.118. The van der Waals surface area contributed by atoms with Gasteiger partial charge in [-0.2, -0.15) is 0 Å². The average Bonchev–Trinajstić information content (AvgIpc) is 2.47. The SMILES string of the molecule is CC(=O)Oc1ccc(C(=O)Oc2ccccc2)c(OC(C)=O)c1. The molecule has 0 N–H and O–H groups in total. The van der Waals surface area contributed by atoms with Crippen molar-refractivity contribution >= 4 is 17.9 Å². The minimum absolute atomic E-state index is 0.0416. The molecule has 0 spiro atoms. The molecule has 2 rings (SSSR count). The fourth-order valence-electron chi connectivity index (χ4n) is 1.79. The minimum Gasteiger partial charge on any atom is -0.427 e. The van der Waals surface area contributed by atoms with Crippen LogP contribution < -0.4 is 14.2 Å². The summed E-state index contributed by atoms with van der Waals surface area (Å²) < 4.78 is 15.1. The van der Waals surface area contributed by atoms with Crippen molar-refractivity contribution in [2.45, 2.75) is 13.8 Å². The van der Waals surface area contributed by atoms with E-state index in [0.717, 1.165) is 0 Å². The van der Waals surface area contributed by atoms with E-state index in [-0.39, 0.29) is 17.1 Å². The molecule has 0 atom stereocenters.